The van der Waals surface area contributed by atoms with E-state index in [2.05, 4.69) is 23.5 Å². The molecular weight excluding hydrogens is 238 g/mol. The van der Waals surface area contributed by atoms with Gasteiger partial charge in [-0.05, 0) is 12.0 Å². The van der Waals surface area contributed by atoms with Gasteiger partial charge in [-0.2, -0.15) is 0 Å². The minimum absolute atomic E-state index is 0.150. The summed E-state index contributed by atoms with van der Waals surface area (Å²) in [6.07, 6.45) is 5.71. The molecule has 0 aromatic rings. The zero-order valence-electron chi connectivity index (χ0n) is 12.9. The fourth-order valence-electron chi connectivity index (χ4n) is 1.30. The van der Waals surface area contributed by atoms with Crippen molar-refractivity contribution in [2.45, 2.75) is 34.1 Å². The van der Waals surface area contributed by atoms with Gasteiger partial charge < -0.3 is 4.90 Å². The summed E-state index contributed by atoms with van der Waals surface area (Å²) in [5.74, 6) is 0.555. The van der Waals surface area contributed by atoms with Crippen LogP contribution in [0, 0.1) is 0 Å². The number of hydrogen-bond donors (Lipinski definition) is 1. The second kappa shape index (κ2) is 12.6. The molecular formula is C15H27N3O. The Hall–Kier alpha value is -1.84. The van der Waals surface area contributed by atoms with Crippen molar-refractivity contribution >= 4 is 11.9 Å². The number of carbonyl (C=O) groups excluding carboxylic acids is 1. The van der Waals surface area contributed by atoms with E-state index < -0.39 is 0 Å². The molecule has 1 fully saturated rings. The number of aliphatic imine (C=N–C) groups is 1. The van der Waals surface area contributed by atoms with Crippen LogP contribution in [0.25, 0.3) is 0 Å². The average molecular weight is 265 g/mol. The Morgan fingerprint density at radius 2 is 1.84 bits per heavy atom. The van der Waals surface area contributed by atoms with Crippen molar-refractivity contribution in [2.24, 2.45) is 4.99 Å². The highest BCUT2D eigenvalue weighted by atomic mass is 16.2. The summed E-state index contributed by atoms with van der Waals surface area (Å²) in [6, 6.07) is -0.150. The van der Waals surface area contributed by atoms with Crippen molar-refractivity contribution in [1.82, 2.24) is 10.2 Å². The van der Waals surface area contributed by atoms with Crippen molar-refractivity contribution < 1.29 is 4.79 Å². The first-order valence-corrected chi connectivity index (χ1v) is 6.72. The summed E-state index contributed by atoms with van der Waals surface area (Å²) >= 11 is 0. The van der Waals surface area contributed by atoms with Crippen LogP contribution < -0.4 is 5.32 Å². The van der Waals surface area contributed by atoms with Crippen LogP contribution in [0.15, 0.2) is 42.1 Å². The van der Waals surface area contributed by atoms with Crippen LogP contribution in [0.4, 0.5) is 4.79 Å². The number of rotatable bonds is 2. The fraction of sp³-hybridized carbons (Fsp3) is 0.467. The smallest absolute Gasteiger partial charge is 0.322 e. The molecule has 0 unspecified atom stereocenters. The number of carbonyl (C=O) groups is 1. The van der Waals surface area contributed by atoms with Gasteiger partial charge in [0.15, 0.2) is 0 Å². The molecule has 0 atom stereocenters. The molecule has 2 amide bonds. The van der Waals surface area contributed by atoms with Gasteiger partial charge >= 0.3 is 6.03 Å². The molecule has 0 saturated carbocycles. The van der Waals surface area contributed by atoms with Gasteiger partial charge in [0, 0.05) is 19.8 Å². The van der Waals surface area contributed by atoms with Crippen molar-refractivity contribution in [1.29, 1.82) is 0 Å². The molecule has 1 aliphatic heterocycles. The Labute approximate surface area is 117 Å². The molecule has 19 heavy (non-hydrogen) atoms. The number of hydrogen-bond acceptors (Lipinski definition) is 2. The Kier molecular flexibility index (Phi) is 12.9. The number of amides is 2. The van der Waals surface area contributed by atoms with Crippen LogP contribution in [0.5, 0.6) is 0 Å². The lowest BCUT2D eigenvalue weighted by molar-refractivity contribution is 0.216. The summed E-state index contributed by atoms with van der Waals surface area (Å²) in [7, 11) is 1.75. The molecule has 4 heteroatoms. The first-order chi connectivity index (χ1) is 9.19. The van der Waals surface area contributed by atoms with Gasteiger partial charge in [0.2, 0.25) is 0 Å². The van der Waals surface area contributed by atoms with Crippen LogP contribution in [0.1, 0.15) is 34.1 Å². The second-order valence-electron chi connectivity index (χ2n) is 3.19. The summed E-state index contributed by atoms with van der Waals surface area (Å²) < 4.78 is 0. The van der Waals surface area contributed by atoms with E-state index in [4.69, 9.17) is 0 Å². The lowest BCUT2D eigenvalue weighted by Crippen LogP contribution is -2.37. The quantitative estimate of drug-likeness (QED) is 0.812. The number of amidine groups is 1. The normalized spacial score (nSPS) is 18.4. The van der Waals surface area contributed by atoms with Crippen LogP contribution in [0.2, 0.25) is 0 Å². The molecule has 1 heterocycles. The zero-order chi connectivity index (χ0) is 15.3. The third-order valence-corrected chi connectivity index (χ3v) is 2.13. The molecule has 1 aliphatic rings. The Balaban J connectivity index is 0. The SMILES string of the molecule is C=C/C=C1/CCN(C)C(=O)NC1=NC=C.CC.CC. The van der Waals surface area contributed by atoms with E-state index in [1.54, 1.807) is 18.0 Å². The van der Waals surface area contributed by atoms with Crippen molar-refractivity contribution in [3.63, 3.8) is 0 Å². The molecule has 0 bridgehead atoms. The van der Waals surface area contributed by atoms with Crippen molar-refractivity contribution in [3.05, 3.63) is 37.1 Å². The Morgan fingerprint density at radius 3 is 2.32 bits per heavy atom. The van der Waals surface area contributed by atoms with Crippen molar-refractivity contribution in [3.8, 4) is 0 Å². The first kappa shape index (κ1) is 19.5. The standard InChI is InChI=1S/C11H15N3O.2C2H6/c1-4-6-9-7-8-14(3)11(15)13-10(9)12-5-2;2*1-2/h4-6H,1-2,7-8H2,3H3,(H,12,13,15);2*1-2H3/b9-6-;;. The molecule has 0 radical (unpaired) electrons. The predicted octanol–water partition coefficient (Wildman–Crippen LogP) is 3.74. The monoisotopic (exact) mass is 265 g/mol. The lowest BCUT2D eigenvalue weighted by Gasteiger charge is -2.11. The number of allylic oxidation sites excluding steroid dienone is 2. The Bertz CT molecular complexity index is 343. The molecule has 0 aliphatic carbocycles. The van der Waals surface area contributed by atoms with Gasteiger partial charge in [-0.15, -0.1) is 0 Å². The van der Waals surface area contributed by atoms with Crippen LogP contribution in [-0.2, 0) is 0 Å². The number of urea groups is 1. The van der Waals surface area contributed by atoms with Gasteiger partial charge in [0.05, 0.1) is 0 Å². The van der Waals surface area contributed by atoms with Gasteiger partial charge in [0.25, 0.3) is 0 Å². The maximum Gasteiger partial charge on any atom is 0.322 e. The third kappa shape index (κ3) is 7.24. The Morgan fingerprint density at radius 1 is 1.26 bits per heavy atom. The molecule has 0 aromatic carbocycles. The second-order valence-corrected chi connectivity index (χ2v) is 3.19. The van der Waals surface area contributed by atoms with E-state index in [0.29, 0.717) is 12.4 Å². The highest BCUT2D eigenvalue weighted by Gasteiger charge is 2.18. The molecule has 0 spiro atoms. The van der Waals surface area contributed by atoms with Gasteiger partial charge in [-0.3, -0.25) is 5.32 Å². The lowest BCUT2D eigenvalue weighted by atomic mass is 10.1. The number of nitrogens with zero attached hydrogens (tertiary/aromatic N) is 2. The molecule has 4 nitrogen and oxygen atoms in total. The van der Waals surface area contributed by atoms with E-state index in [1.165, 1.54) is 6.20 Å². The van der Waals surface area contributed by atoms with Crippen LogP contribution in [-0.4, -0.2) is 30.4 Å². The summed E-state index contributed by atoms with van der Waals surface area (Å²) in [6.45, 7) is 15.8. The molecule has 1 saturated heterocycles. The minimum atomic E-state index is -0.150. The van der Waals surface area contributed by atoms with Crippen LogP contribution >= 0.6 is 0 Å². The zero-order valence-corrected chi connectivity index (χ0v) is 12.9. The minimum Gasteiger partial charge on any atom is -0.327 e. The van der Waals surface area contributed by atoms with E-state index >= 15 is 0 Å². The highest BCUT2D eigenvalue weighted by Crippen LogP contribution is 2.09. The third-order valence-electron chi connectivity index (χ3n) is 2.13. The number of nitrogens with one attached hydrogen (secondary N) is 1. The summed E-state index contributed by atoms with van der Waals surface area (Å²) in [5.41, 5.74) is 0.961. The fourth-order valence-corrected chi connectivity index (χ4v) is 1.30. The van der Waals surface area contributed by atoms with E-state index in [9.17, 15) is 4.79 Å². The summed E-state index contributed by atoms with van der Waals surface area (Å²) in [4.78, 5) is 17.1. The average Bonchev–Trinajstić information content (AvgIpc) is 2.58. The molecule has 1 rings (SSSR count). The molecule has 1 N–H and O–H groups in total. The highest BCUT2D eigenvalue weighted by molar-refractivity contribution is 6.08. The summed E-state index contributed by atoms with van der Waals surface area (Å²) in [5, 5.41) is 2.71. The molecule has 108 valence electrons. The molecule has 0 aromatic heterocycles. The maximum absolute atomic E-state index is 11.5. The maximum atomic E-state index is 11.5. The first-order valence-electron chi connectivity index (χ1n) is 6.72. The predicted molar refractivity (Wildman–Crippen MR) is 84.4 cm³/mol. The van der Waals surface area contributed by atoms with Crippen molar-refractivity contribution in [2.75, 3.05) is 13.6 Å². The van der Waals surface area contributed by atoms with Crippen LogP contribution in [0.3, 0.4) is 0 Å². The van der Waals surface area contributed by atoms with Gasteiger partial charge in [-0.1, -0.05) is 53.0 Å². The van der Waals surface area contributed by atoms with E-state index in [-0.39, 0.29) is 6.03 Å². The van der Waals surface area contributed by atoms with Gasteiger partial charge in [0.1, 0.15) is 5.84 Å². The van der Waals surface area contributed by atoms with E-state index in [0.717, 1.165) is 12.0 Å². The topological polar surface area (TPSA) is 44.7 Å². The van der Waals surface area contributed by atoms with E-state index in [1.807, 2.05) is 33.8 Å². The largest absolute Gasteiger partial charge is 0.327 e. The van der Waals surface area contributed by atoms with Gasteiger partial charge in [-0.25, -0.2) is 9.79 Å².